The summed E-state index contributed by atoms with van der Waals surface area (Å²) in [5.41, 5.74) is 1.94. The fourth-order valence-corrected chi connectivity index (χ4v) is 6.11. The Morgan fingerprint density at radius 3 is 2.55 bits per heavy atom. The van der Waals surface area contributed by atoms with Crippen LogP contribution in [0.5, 0.6) is 0 Å². The zero-order chi connectivity index (χ0) is 25.7. The third kappa shape index (κ3) is 5.75. The number of nitrogens with zero attached hydrogens (tertiary/aromatic N) is 4. The first kappa shape index (κ1) is 25.0. The summed E-state index contributed by atoms with van der Waals surface area (Å²) < 4.78 is 5.49. The minimum atomic E-state index is 0.0864. The Morgan fingerprint density at radius 1 is 0.921 bits per heavy atom. The number of ether oxygens (including phenoxy) is 1. The van der Waals surface area contributed by atoms with E-state index in [-0.39, 0.29) is 11.8 Å². The molecule has 0 radical (unpaired) electrons. The molecule has 8 nitrogen and oxygen atoms in total. The van der Waals surface area contributed by atoms with Gasteiger partial charge in [-0.25, -0.2) is 9.97 Å². The highest BCUT2D eigenvalue weighted by molar-refractivity contribution is 5.94. The van der Waals surface area contributed by atoms with Gasteiger partial charge in [-0.1, -0.05) is 19.3 Å². The average molecular weight is 515 g/mol. The molecule has 3 fully saturated rings. The highest BCUT2D eigenvalue weighted by Crippen LogP contribution is 2.33. The van der Waals surface area contributed by atoms with Crippen LogP contribution in [0.4, 0.5) is 11.6 Å². The first-order chi connectivity index (χ1) is 18.7. The van der Waals surface area contributed by atoms with Crippen LogP contribution in [0.2, 0.25) is 0 Å². The van der Waals surface area contributed by atoms with Crippen molar-refractivity contribution >= 4 is 28.3 Å². The molecule has 0 aromatic carbocycles. The molecule has 3 aromatic rings. The number of nitrogens with one attached hydrogen (secondary N) is 2. The van der Waals surface area contributed by atoms with Gasteiger partial charge >= 0.3 is 0 Å². The van der Waals surface area contributed by atoms with Crippen LogP contribution in [0.25, 0.3) is 22.0 Å². The number of hydrogen-bond donors (Lipinski definition) is 2. The molecule has 8 heteroatoms. The van der Waals surface area contributed by atoms with Gasteiger partial charge in [-0.3, -0.25) is 9.78 Å². The molecule has 5 heterocycles. The Hall–Kier alpha value is -3.26. The van der Waals surface area contributed by atoms with E-state index < -0.39 is 0 Å². The Morgan fingerprint density at radius 2 is 1.74 bits per heavy atom. The largest absolute Gasteiger partial charge is 0.381 e. The number of rotatable bonds is 6. The van der Waals surface area contributed by atoms with Gasteiger partial charge in [0.25, 0.3) is 0 Å². The van der Waals surface area contributed by atoms with Crippen molar-refractivity contribution in [1.82, 2.24) is 20.3 Å². The highest BCUT2D eigenvalue weighted by Gasteiger charge is 2.28. The first-order valence-corrected chi connectivity index (χ1v) is 14.3. The maximum atomic E-state index is 13.0. The normalized spacial score (nSPS) is 19.9. The summed E-state index contributed by atoms with van der Waals surface area (Å²) in [5, 5.41) is 9.08. The smallest absolute Gasteiger partial charge is 0.223 e. The lowest BCUT2D eigenvalue weighted by Crippen LogP contribution is -2.44. The number of amides is 1. The predicted octanol–water partition coefficient (Wildman–Crippen LogP) is 4.95. The van der Waals surface area contributed by atoms with Gasteiger partial charge in [-0.2, -0.15) is 0 Å². The van der Waals surface area contributed by atoms with Gasteiger partial charge in [0.2, 0.25) is 5.91 Å². The molecule has 1 amide bonds. The number of piperidine rings is 1. The van der Waals surface area contributed by atoms with Gasteiger partial charge in [0.1, 0.15) is 11.6 Å². The summed E-state index contributed by atoms with van der Waals surface area (Å²) in [5.74, 6) is 2.17. The van der Waals surface area contributed by atoms with E-state index in [1.807, 2.05) is 30.7 Å². The number of aromatic nitrogens is 3. The van der Waals surface area contributed by atoms with Crippen molar-refractivity contribution in [3.8, 4) is 11.3 Å². The molecule has 3 aromatic heterocycles. The molecule has 0 bridgehead atoms. The number of hydrogen-bond acceptors (Lipinski definition) is 7. The Kier molecular flexibility index (Phi) is 7.67. The molecule has 3 aliphatic rings. The van der Waals surface area contributed by atoms with Crippen LogP contribution in [-0.2, 0) is 9.53 Å². The number of fused-ring (bicyclic) bond motifs is 1. The molecular formula is C30H38N6O2. The van der Waals surface area contributed by atoms with Crippen molar-refractivity contribution in [1.29, 1.82) is 0 Å². The summed E-state index contributed by atoms with van der Waals surface area (Å²) in [7, 11) is 0. The maximum absolute atomic E-state index is 13.0. The molecule has 200 valence electrons. The molecule has 2 aliphatic heterocycles. The topological polar surface area (TPSA) is 92.3 Å². The fraction of sp³-hybridized carbons (Fsp3) is 0.533. The van der Waals surface area contributed by atoms with Crippen molar-refractivity contribution in [3.63, 3.8) is 0 Å². The quantitative estimate of drug-likeness (QED) is 0.481. The molecule has 0 unspecified atom stereocenters. The molecule has 6 rings (SSSR count). The Labute approximate surface area is 224 Å². The van der Waals surface area contributed by atoms with Crippen LogP contribution >= 0.6 is 0 Å². The number of carbonyl (C=O) groups is 1. The Bertz CT molecular complexity index is 1250. The van der Waals surface area contributed by atoms with E-state index in [2.05, 4.69) is 37.6 Å². The minimum absolute atomic E-state index is 0.0864. The van der Waals surface area contributed by atoms with Crippen LogP contribution < -0.4 is 15.5 Å². The minimum Gasteiger partial charge on any atom is -0.381 e. The Balaban J connectivity index is 1.19. The average Bonchev–Trinajstić information content (AvgIpc) is 2.98. The van der Waals surface area contributed by atoms with Gasteiger partial charge in [-0.15, -0.1) is 0 Å². The molecule has 2 saturated heterocycles. The van der Waals surface area contributed by atoms with Crippen molar-refractivity contribution in [2.24, 2.45) is 5.92 Å². The number of pyridine rings is 3. The van der Waals surface area contributed by atoms with E-state index in [4.69, 9.17) is 9.72 Å². The predicted molar refractivity (Wildman–Crippen MR) is 150 cm³/mol. The third-order valence-corrected chi connectivity index (χ3v) is 8.36. The lowest BCUT2D eigenvalue weighted by Gasteiger charge is -2.34. The van der Waals surface area contributed by atoms with Crippen LogP contribution in [0.3, 0.4) is 0 Å². The van der Waals surface area contributed by atoms with Gasteiger partial charge in [0, 0.05) is 79.2 Å². The van der Waals surface area contributed by atoms with Gasteiger partial charge in [0.15, 0.2) is 0 Å². The molecule has 38 heavy (non-hydrogen) atoms. The summed E-state index contributed by atoms with van der Waals surface area (Å²) in [6.45, 7) is 3.23. The van der Waals surface area contributed by atoms with E-state index in [0.717, 1.165) is 98.5 Å². The van der Waals surface area contributed by atoms with Gasteiger partial charge in [0.05, 0.1) is 5.69 Å². The van der Waals surface area contributed by atoms with Crippen molar-refractivity contribution in [2.75, 3.05) is 36.5 Å². The van der Waals surface area contributed by atoms with Crippen molar-refractivity contribution < 1.29 is 9.53 Å². The van der Waals surface area contributed by atoms with Gasteiger partial charge < -0.3 is 20.3 Å². The summed E-state index contributed by atoms with van der Waals surface area (Å²) in [4.78, 5) is 29.4. The van der Waals surface area contributed by atoms with Crippen LogP contribution in [0, 0.1) is 5.92 Å². The monoisotopic (exact) mass is 514 g/mol. The van der Waals surface area contributed by atoms with Crippen molar-refractivity contribution in [2.45, 2.75) is 69.9 Å². The number of carbonyl (C=O) groups excluding carboxylic acids is 1. The number of anilines is 2. The second-order valence-electron chi connectivity index (χ2n) is 11.0. The molecule has 1 aliphatic carbocycles. The van der Waals surface area contributed by atoms with Crippen LogP contribution in [-0.4, -0.2) is 59.2 Å². The standard InChI is InChI=1S/C30H38N6O2/c37-30(34-24-4-2-1-3-5-24)21-8-14-36(15-9-21)29-26-7-12-31-20-23(26)18-27(35-29)22-6-13-32-28(19-22)33-25-10-16-38-17-11-25/h6-7,12-13,18-21,24-25H,1-5,8-11,14-17H2,(H,32,33)(H,34,37). The molecular weight excluding hydrogens is 476 g/mol. The SMILES string of the molecule is O=C(NC1CCCCC1)C1CCN(c2nc(-c3ccnc(NC4CCOCC4)c3)cc3cnccc23)CC1. The molecule has 0 atom stereocenters. The zero-order valence-electron chi connectivity index (χ0n) is 22.1. The van der Waals surface area contributed by atoms with Crippen molar-refractivity contribution in [3.05, 3.63) is 42.9 Å². The second kappa shape index (κ2) is 11.6. The first-order valence-electron chi connectivity index (χ1n) is 14.3. The molecule has 1 saturated carbocycles. The highest BCUT2D eigenvalue weighted by atomic mass is 16.5. The third-order valence-electron chi connectivity index (χ3n) is 8.36. The second-order valence-corrected chi connectivity index (χ2v) is 11.0. The zero-order valence-corrected chi connectivity index (χ0v) is 22.1. The van der Waals surface area contributed by atoms with E-state index in [1.165, 1.54) is 19.3 Å². The van der Waals surface area contributed by atoms with Gasteiger partial charge in [-0.05, 0) is 62.8 Å². The van der Waals surface area contributed by atoms with E-state index in [1.54, 1.807) is 0 Å². The van der Waals surface area contributed by atoms with Crippen LogP contribution in [0.1, 0.15) is 57.8 Å². The summed E-state index contributed by atoms with van der Waals surface area (Å²) >= 11 is 0. The van der Waals surface area contributed by atoms with E-state index in [9.17, 15) is 4.79 Å². The van der Waals surface area contributed by atoms with E-state index >= 15 is 0 Å². The van der Waals surface area contributed by atoms with Crippen LogP contribution in [0.15, 0.2) is 42.9 Å². The lowest BCUT2D eigenvalue weighted by atomic mass is 9.92. The summed E-state index contributed by atoms with van der Waals surface area (Å²) in [6, 6.07) is 9.03. The van der Waals surface area contributed by atoms with E-state index in [0.29, 0.717) is 12.1 Å². The fourth-order valence-electron chi connectivity index (χ4n) is 6.11. The maximum Gasteiger partial charge on any atom is 0.223 e. The lowest BCUT2D eigenvalue weighted by molar-refractivity contribution is -0.126. The molecule has 2 N–H and O–H groups in total. The summed E-state index contributed by atoms with van der Waals surface area (Å²) in [6.07, 6.45) is 15.3. The molecule has 0 spiro atoms.